The molecule has 0 aliphatic heterocycles. The fourth-order valence-electron chi connectivity index (χ4n) is 0.875. The molecular weight excluding hydrogens is 156 g/mol. The molecule has 1 aromatic heterocycles. The van der Waals surface area contributed by atoms with Gasteiger partial charge in [-0.05, 0) is 13.3 Å². The van der Waals surface area contributed by atoms with Crippen LogP contribution in [0.25, 0.3) is 0 Å². The molecule has 11 heavy (non-hydrogen) atoms. The summed E-state index contributed by atoms with van der Waals surface area (Å²) in [6.45, 7) is 4.04. The Bertz CT molecular complexity index is 283. The molecule has 0 fully saturated rings. The predicted octanol–water partition coefficient (Wildman–Crippen LogP) is 2.08. The first-order valence-electron chi connectivity index (χ1n) is 3.60. The van der Waals surface area contributed by atoms with Gasteiger partial charge in [-0.15, -0.1) is 11.3 Å². The molecule has 3 heteroatoms. The van der Waals surface area contributed by atoms with E-state index in [9.17, 15) is 0 Å². The third kappa shape index (κ3) is 1.78. The number of aromatic nitrogens is 1. The zero-order valence-electron chi connectivity index (χ0n) is 6.72. The van der Waals surface area contributed by atoms with Gasteiger partial charge in [-0.25, -0.2) is 4.98 Å². The van der Waals surface area contributed by atoms with Crippen molar-refractivity contribution in [1.82, 2.24) is 4.98 Å². The second-order valence-corrected chi connectivity index (χ2v) is 3.47. The van der Waals surface area contributed by atoms with Crippen molar-refractivity contribution in [2.75, 3.05) is 0 Å². The van der Waals surface area contributed by atoms with Crippen LogP contribution in [0.1, 0.15) is 22.5 Å². The maximum absolute atomic E-state index is 8.45. The van der Waals surface area contributed by atoms with Gasteiger partial charge in [0.2, 0.25) is 0 Å². The molecule has 0 aliphatic rings. The number of nitriles is 1. The lowest BCUT2D eigenvalue weighted by atomic mass is 10.3. The van der Waals surface area contributed by atoms with Gasteiger partial charge in [-0.3, -0.25) is 0 Å². The quantitative estimate of drug-likeness (QED) is 0.674. The van der Waals surface area contributed by atoms with Crippen molar-refractivity contribution in [2.24, 2.45) is 0 Å². The minimum atomic E-state index is 0.503. The molecule has 0 unspecified atom stereocenters. The molecule has 0 atom stereocenters. The molecule has 0 aromatic carbocycles. The van der Waals surface area contributed by atoms with Crippen molar-refractivity contribution in [3.05, 3.63) is 15.6 Å². The van der Waals surface area contributed by atoms with Crippen LogP contribution in [0.5, 0.6) is 0 Å². The first-order valence-corrected chi connectivity index (χ1v) is 4.41. The van der Waals surface area contributed by atoms with E-state index in [4.69, 9.17) is 5.26 Å². The van der Waals surface area contributed by atoms with Gasteiger partial charge in [0.05, 0.1) is 23.2 Å². The molecule has 2 nitrogen and oxygen atoms in total. The highest BCUT2D eigenvalue weighted by atomic mass is 32.1. The molecule has 58 valence electrons. The second kappa shape index (κ2) is 3.49. The zero-order valence-corrected chi connectivity index (χ0v) is 7.53. The normalized spacial score (nSPS) is 9.55. The lowest BCUT2D eigenvalue weighted by molar-refractivity contribution is 1.06. The number of hydrogen-bond acceptors (Lipinski definition) is 3. The van der Waals surface area contributed by atoms with Crippen molar-refractivity contribution >= 4 is 11.3 Å². The third-order valence-corrected chi connectivity index (χ3v) is 2.78. The molecule has 1 heterocycles. The van der Waals surface area contributed by atoms with Crippen LogP contribution >= 0.6 is 11.3 Å². The van der Waals surface area contributed by atoms with Gasteiger partial charge in [0, 0.05) is 4.88 Å². The highest BCUT2D eigenvalue weighted by molar-refractivity contribution is 7.11. The lowest BCUT2D eigenvalue weighted by Crippen LogP contribution is -1.80. The van der Waals surface area contributed by atoms with Gasteiger partial charge >= 0.3 is 0 Å². The zero-order chi connectivity index (χ0) is 8.27. The average Bonchev–Trinajstić information content (AvgIpc) is 2.33. The van der Waals surface area contributed by atoms with Crippen molar-refractivity contribution < 1.29 is 0 Å². The molecule has 0 saturated carbocycles. The summed E-state index contributed by atoms with van der Waals surface area (Å²) in [5, 5.41) is 9.59. The molecule has 0 spiro atoms. The van der Waals surface area contributed by atoms with E-state index in [1.807, 2.05) is 6.92 Å². The molecule has 0 aliphatic carbocycles. The standard InChI is InChI=1S/C8H10N2S/c1-3-8-10-6(2)7(11-8)4-5-9/h3-4H2,1-2H3. The van der Waals surface area contributed by atoms with E-state index >= 15 is 0 Å². The highest BCUT2D eigenvalue weighted by Gasteiger charge is 2.04. The summed E-state index contributed by atoms with van der Waals surface area (Å²) in [5.74, 6) is 0. The van der Waals surface area contributed by atoms with Crippen LogP contribution in [-0.4, -0.2) is 4.98 Å². The number of aryl methyl sites for hydroxylation is 2. The van der Waals surface area contributed by atoms with Crippen LogP contribution in [0.2, 0.25) is 0 Å². The fourth-order valence-corrected chi connectivity index (χ4v) is 1.82. The molecule has 0 saturated heterocycles. The number of hydrogen-bond donors (Lipinski definition) is 0. The van der Waals surface area contributed by atoms with E-state index in [-0.39, 0.29) is 0 Å². The van der Waals surface area contributed by atoms with Crippen LogP contribution in [-0.2, 0) is 12.8 Å². The van der Waals surface area contributed by atoms with Crippen LogP contribution in [0.4, 0.5) is 0 Å². The Morgan fingerprint density at radius 3 is 2.82 bits per heavy atom. The molecule has 0 radical (unpaired) electrons. The van der Waals surface area contributed by atoms with Crippen molar-refractivity contribution in [2.45, 2.75) is 26.7 Å². The van der Waals surface area contributed by atoms with Crippen LogP contribution in [0, 0.1) is 18.3 Å². The smallest absolute Gasteiger partial charge is 0.0928 e. The van der Waals surface area contributed by atoms with E-state index < -0.39 is 0 Å². The fraction of sp³-hybridized carbons (Fsp3) is 0.500. The SMILES string of the molecule is CCc1nc(C)c(CC#N)s1. The molecule has 0 amide bonds. The van der Waals surface area contributed by atoms with Crippen molar-refractivity contribution in [3.8, 4) is 6.07 Å². The van der Waals surface area contributed by atoms with Gasteiger partial charge in [0.25, 0.3) is 0 Å². The molecule has 1 aromatic rings. The predicted molar refractivity (Wildman–Crippen MR) is 45.5 cm³/mol. The highest BCUT2D eigenvalue weighted by Crippen LogP contribution is 2.18. The van der Waals surface area contributed by atoms with Gasteiger partial charge < -0.3 is 0 Å². The van der Waals surface area contributed by atoms with Crippen LogP contribution in [0.15, 0.2) is 0 Å². The van der Waals surface area contributed by atoms with E-state index in [2.05, 4.69) is 18.0 Å². The topological polar surface area (TPSA) is 36.7 Å². The number of rotatable bonds is 2. The summed E-state index contributed by atoms with van der Waals surface area (Å²) in [6.07, 6.45) is 1.47. The first kappa shape index (κ1) is 8.22. The molecular formula is C8H10N2S. The Balaban J connectivity index is 2.90. The maximum Gasteiger partial charge on any atom is 0.0928 e. The summed E-state index contributed by atoms with van der Waals surface area (Å²) < 4.78 is 0. The summed E-state index contributed by atoms with van der Waals surface area (Å²) >= 11 is 1.65. The maximum atomic E-state index is 8.45. The van der Waals surface area contributed by atoms with Crippen molar-refractivity contribution in [1.29, 1.82) is 5.26 Å². The van der Waals surface area contributed by atoms with Gasteiger partial charge in [0.15, 0.2) is 0 Å². The molecule has 0 bridgehead atoms. The Labute approximate surface area is 70.5 Å². The summed E-state index contributed by atoms with van der Waals surface area (Å²) in [6, 6.07) is 2.13. The third-order valence-electron chi connectivity index (χ3n) is 1.48. The molecule has 1 rings (SSSR count). The van der Waals surface area contributed by atoms with E-state index in [1.165, 1.54) is 0 Å². The van der Waals surface area contributed by atoms with E-state index in [0.29, 0.717) is 6.42 Å². The summed E-state index contributed by atoms with van der Waals surface area (Å²) in [4.78, 5) is 5.43. The first-order chi connectivity index (χ1) is 5.27. The molecule has 0 N–H and O–H groups in total. The Morgan fingerprint density at radius 2 is 2.36 bits per heavy atom. The Kier molecular flexibility index (Phi) is 2.61. The van der Waals surface area contributed by atoms with Gasteiger partial charge in [-0.2, -0.15) is 5.26 Å². The van der Waals surface area contributed by atoms with Crippen LogP contribution in [0.3, 0.4) is 0 Å². The Hall–Kier alpha value is -0.880. The van der Waals surface area contributed by atoms with E-state index in [1.54, 1.807) is 11.3 Å². The summed E-state index contributed by atoms with van der Waals surface area (Å²) in [5.41, 5.74) is 1.02. The van der Waals surface area contributed by atoms with Gasteiger partial charge in [0.1, 0.15) is 0 Å². The number of thiazole rings is 1. The minimum Gasteiger partial charge on any atom is -0.246 e. The van der Waals surface area contributed by atoms with Crippen molar-refractivity contribution in [3.63, 3.8) is 0 Å². The van der Waals surface area contributed by atoms with Crippen LogP contribution < -0.4 is 0 Å². The van der Waals surface area contributed by atoms with E-state index in [0.717, 1.165) is 22.0 Å². The van der Waals surface area contributed by atoms with Gasteiger partial charge in [-0.1, -0.05) is 6.92 Å². The Morgan fingerprint density at radius 1 is 1.64 bits per heavy atom. The average molecular weight is 166 g/mol. The summed E-state index contributed by atoms with van der Waals surface area (Å²) in [7, 11) is 0. The monoisotopic (exact) mass is 166 g/mol. The minimum absolute atomic E-state index is 0.503. The second-order valence-electron chi connectivity index (χ2n) is 2.30. The number of nitrogens with zero attached hydrogens (tertiary/aromatic N) is 2. The largest absolute Gasteiger partial charge is 0.246 e. The lowest BCUT2D eigenvalue weighted by Gasteiger charge is -1.83.